The van der Waals surface area contributed by atoms with E-state index in [0.717, 1.165) is 0 Å². The normalized spacial score (nSPS) is 52.2. The van der Waals surface area contributed by atoms with Crippen LogP contribution in [0.2, 0.25) is 0 Å². The number of fused-ring (bicyclic) bond motifs is 1. The third-order valence-electron chi connectivity index (χ3n) is 3.01. The first-order chi connectivity index (χ1) is 6.11. The Labute approximate surface area is 75.6 Å². The lowest BCUT2D eigenvalue weighted by molar-refractivity contribution is -0.120. The second-order valence-electron chi connectivity index (χ2n) is 3.84. The summed E-state index contributed by atoms with van der Waals surface area (Å²) < 4.78 is 13.1. The van der Waals surface area contributed by atoms with E-state index in [0.29, 0.717) is 13.0 Å². The van der Waals surface area contributed by atoms with E-state index in [1.807, 2.05) is 0 Å². The molecule has 76 valence electrons. The second kappa shape index (κ2) is 3.16. The van der Waals surface area contributed by atoms with Gasteiger partial charge in [0.15, 0.2) is 0 Å². The molecule has 2 heterocycles. The van der Waals surface area contributed by atoms with Gasteiger partial charge in [-0.2, -0.15) is 0 Å². The summed E-state index contributed by atoms with van der Waals surface area (Å²) in [6.45, 7) is 0.704. The Bertz CT molecular complexity index is 204. The van der Waals surface area contributed by atoms with Crippen LogP contribution in [-0.2, 0) is 0 Å². The van der Waals surface area contributed by atoms with Gasteiger partial charge >= 0.3 is 0 Å². The maximum Gasteiger partial charge on any atom is 0.141 e. The van der Waals surface area contributed by atoms with Gasteiger partial charge in [-0.05, 0) is 6.42 Å². The minimum absolute atomic E-state index is 0.111. The number of alkyl halides is 1. The van der Waals surface area contributed by atoms with Crippen LogP contribution in [-0.4, -0.2) is 63.8 Å². The van der Waals surface area contributed by atoms with Crippen molar-refractivity contribution in [2.24, 2.45) is 0 Å². The van der Waals surface area contributed by atoms with Crippen LogP contribution in [0.3, 0.4) is 0 Å². The number of halogens is 1. The summed E-state index contributed by atoms with van der Waals surface area (Å²) in [4.78, 5) is 1.70. The van der Waals surface area contributed by atoms with Gasteiger partial charge in [0.2, 0.25) is 0 Å². The lowest BCUT2D eigenvalue weighted by atomic mass is 9.94. The molecule has 2 aliphatic rings. The highest BCUT2D eigenvalue weighted by Gasteiger charge is 2.48. The van der Waals surface area contributed by atoms with Gasteiger partial charge in [0.05, 0.1) is 12.1 Å². The van der Waals surface area contributed by atoms with Crippen LogP contribution in [0.25, 0.3) is 0 Å². The third kappa shape index (κ3) is 1.36. The van der Waals surface area contributed by atoms with Gasteiger partial charge in [-0.25, -0.2) is 4.39 Å². The Kier molecular flexibility index (Phi) is 2.27. The first kappa shape index (κ1) is 9.33. The summed E-state index contributed by atoms with van der Waals surface area (Å²) >= 11 is 0. The van der Waals surface area contributed by atoms with Crippen molar-refractivity contribution in [3.63, 3.8) is 0 Å². The molecule has 0 saturated carbocycles. The largest absolute Gasteiger partial charge is 0.391 e. The lowest BCUT2D eigenvalue weighted by Crippen LogP contribution is -2.60. The van der Waals surface area contributed by atoms with Crippen molar-refractivity contribution in [2.75, 3.05) is 13.1 Å². The fourth-order valence-corrected chi connectivity index (χ4v) is 2.27. The number of rotatable bonds is 0. The molecule has 2 rings (SSSR count). The van der Waals surface area contributed by atoms with Gasteiger partial charge in [0.25, 0.3) is 0 Å². The van der Waals surface area contributed by atoms with Crippen LogP contribution >= 0.6 is 0 Å². The molecule has 0 aromatic heterocycles. The molecule has 2 fully saturated rings. The van der Waals surface area contributed by atoms with Crippen LogP contribution in [0.15, 0.2) is 0 Å². The van der Waals surface area contributed by atoms with Crippen LogP contribution in [0.1, 0.15) is 6.42 Å². The Hall–Kier alpha value is -0.230. The Balaban J connectivity index is 2.15. The highest BCUT2D eigenvalue weighted by molar-refractivity contribution is 5.01. The maximum absolute atomic E-state index is 13.1. The fourth-order valence-electron chi connectivity index (χ4n) is 2.27. The van der Waals surface area contributed by atoms with Gasteiger partial charge in [-0.3, -0.25) is 4.90 Å². The van der Waals surface area contributed by atoms with E-state index < -0.39 is 30.5 Å². The van der Waals surface area contributed by atoms with Crippen molar-refractivity contribution in [3.8, 4) is 0 Å². The maximum atomic E-state index is 13.1. The van der Waals surface area contributed by atoms with Crippen LogP contribution < -0.4 is 0 Å². The van der Waals surface area contributed by atoms with E-state index >= 15 is 0 Å². The van der Waals surface area contributed by atoms with Gasteiger partial charge in [0, 0.05) is 13.1 Å². The molecule has 5 heteroatoms. The molecule has 5 atom stereocenters. The molecule has 0 radical (unpaired) electrons. The summed E-state index contributed by atoms with van der Waals surface area (Å²) in [7, 11) is 0. The van der Waals surface area contributed by atoms with Gasteiger partial charge in [-0.1, -0.05) is 0 Å². The smallest absolute Gasteiger partial charge is 0.141 e. The number of aliphatic hydroxyl groups is 3. The van der Waals surface area contributed by atoms with Crippen molar-refractivity contribution < 1.29 is 19.7 Å². The average molecular weight is 191 g/mol. The summed E-state index contributed by atoms with van der Waals surface area (Å²) in [6, 6.07) is -0.484. The van der Waals surface area contributed by atoms with E-state index in [1.54, 1.807) is 4.90 Å². The summed E-state index contributed by atoms with van der Waals surface area (Å²) in [5.74, 6) is 0. The van der Waals surface area contributed by atoms with Crippen molar-refractivity contribution >= 4 is 0 Å². The summed E-state index contributed by atoms with van der Waals surface area (Å²) in [5, 5.41) is 28.2. The highest BCUT2D eigenvalue weighted by Crippen LogP contribution is 2.29. The topological polar surface area (TPSA) is 63.9 Å². The minimum Gasteiger partial charge on any atom is -0.391 e. The molecule has 0 amide bonds. The molecule has 2 saturated heterocycles. The molecule has 0 spiro atoms. The molecular weight excluding hydrogens is 177 g/mol. The average Bonchev–Trinajstić information content (AvgIpc) is 2.43. The molecule has 13 heavy (non-hydrogen) atoms. The minimum atomic E-state index is -1.41. The number of nitrogens with zero attached hydrogens (tertiary/aromatic N) is 1. The first-order valence-electron chi connectivity index (χ1n) is 4.53. The predicted molar refractivity (Wildman–Crippen MR) is 42.9 cm³/mol. The van der Waals surface area contributed by atoms with Crippen LogP contribution in [0.4, 0.5) is 4.39 Å². The van der Waals surface area contributed by atoms with Crippen molar-refractivity contribution in [2.45, 2.75) is 36.9 Å². The molecule has 0 aromatic carbocycles. The molecular formula is C8H14FNO3. The van der Waals surface area contributed by atoms with Crippen molar-refractivity contribution in [1.82, 2.24) is 4.90 Å². The lowest BCUT2D eigenvalue weighted by Gasteiger charge is -2.39. The highest BCUT2D eigenvalue weighted by atomic mass is 19.1. The summed E-state index contributed by atoms with van der Waals surface area (Å²) in [6.07, 6.45) is -4.02. The number of aliphatic hydroxyl groups excluding tert-OH is 3. The van der Waals surface area contributed by atoms with E-state index in [9.17, 15) is 19.7 Å². The number of piperidine rings is 1. The fraction of sp³-hybridized carbons (Fsp3) is 1.00. The number of hydrogen-bond donors (Lipinski definition) is 3. The standard InChI is InChI=1S/C8H14FNO3/c9-4-3-10-2-1-5(11)6(10)8(13)7(4)12/h4-8,11-13H,1-3H2/t4-,5-,6+,7+,8+/m0/s1. The van der Waals surface area contributed by atoms with E-state index in [-0.39, 0.29) is 6.54 Å². The Morgan fingerprint density at radius 1 is 1.15 bits per heavy atom. The Morgan fingerprint density at radius 2 is 1.85 bits per heavy atom. The van der Waals surface area contributed by atoms with Crippen LogP contribution in [0, 0.1) is 0 Å². The monoisotopic (exact) mass is 191 g/mol. The zero-order valence-corrected chi connectivity index (χ0v) is 7.17. The van der Waals surface area contributed by atoms with E-state index in [1.165, 1.54) is 0 Å². The van der Waals surface area contributed by atoms with E-state index in [4.69, 9.17) is 0 Å². The molecule has 4 nitrogen and oxygen atoms in total. The number of hydrogen-bond acceptors (Lipinski definition) is 4. The second-order valence-corrected chi connectivity index (χ2v) is 3.84. The van der Waals surface area contributed by atoms with Crippen molar-refractivity contribution in [1.29, 1.82) is 0 Å². The molecule has 0 bridgehead atoms. The SMILES string of the molecule is O[C@H]1[C@H](O)[C@@H](F)CN2CC[C@H](O)[C@H]12. The molecule has 3 N–H and O–H groups in total. The quantitative estimate of drug-likeness (QED) is 0.436. The van der Waals surface area contributed by atoms with Gasteiger partial charge in [0.1, 0.15) is 18.4 Å². The molecule has 0 unspecified atom stereocenters. The van der Waals surface area contributed by atoms with Crippen molar-refractivity contribution in [3.05, 3.63) is 0 Å². The zero-order chi connectivity index (χ0) is 9.59. The third-order valence-corrected chi connectivity index (χ3v) is 3.01. The molecule has 0 aromatic rings. The van der Waals surface area contributed by atoms with Gasteiger partial charge < -0.3 is 15.3 Å². The zero-order valence-electron chi connectivity index (χ0n) is 7.17. The van der Waals surface area contributed by atoms with E-state index in [2.05, 4.69) is 0 Å². The summed E-state index contributed by atoms with van der Waals surface area (Å²) in [5.41, 5.74) is 0. The van der Waals surface area contributed by atoms with Gasteiger partial charge in [-0.15, -0.1) is 0 Å². The predicted octanol–water partition coefficient (Wildman–Crippen LogP) is -1.50. The first-order valence-corrected chi connectivity index (χ1v) is 4.53. The molecule has 2 aliphatic heterocycles. The van der Waals surface area contributed by atoms with Crippen LogP contribution in [0.5, 0.6) is 0 Å². The Morgan fingerprint density at radius 3 is 2.54 bits per heavy atom. The molecule has 0 aliphatic carbocycles.